The van der Waals surface area contributed by atoms with Crippen LogP contribution in [0.4, 0.5) is 0 Å². The summed E-state index contributed by atoms with van der Waals surface area (Å²) >= 11 is 0. The fourth-order valence-corrected chi connectivity index (χ4v) is 6.71. The molecule has 0 aliphatic rings. The van der Waals surface area contributed by atoms with Crippen LogP contribution in [0, 0.1) is 0 Å². The van der Waals surface area contributed by atoms with E-state index in [2.05, 4.69) is 72.8 Å². The van der Waals surface area contributed by atoms with Crippen molar-refractivity contribution in [1.29, 1.82) is 0 Å². The molecule has 10 aromatic rings. The molecule has 0 unspecified atom stereocenters. The zero-order chi connectivity index (χ0) is 33.7. The maximum atomic E-state index is 6.42. The molecular formula is C45H27N5O. The van der Waals surface area contributed by atoms with Crippen molar-refractivity contribution in [3.63, 3.8) is 0 Å². The van der Waals surface area contributed by atoms with Crippen LogP contribution in [0.1, 0.15) is 0 Å². The fraction of sp³-hybridized carbons (Fsp3) is 0. The van der Waals surface area contributed by atoms with Gasteiger partial charge in [-0.05, 0) is 42.5 Å². The number of aromatic nitrogens is 5. The van der Waals surface area contributed by atoms with Crippen LogP contribution in [0.15, 0.2) is 168 Å². The molecule has 0 bridgehead atoms. The zero-order valence-electron chi connectivity index (χ0n) is 27.2. The van der Waals surface area contributed by atoms with E-state index in [1.54, 1.807) is 0 Å². The predicted octanol–water partition coefficient (Wildman–Crippen LogP) is 11.2. The largest absolute Gasteiger partial charge is 0.456 e. The average Bonchev–Trinajstić information content (AvgIpc) is 3.58. The second kappa shape index (κ2) is 11.8. The first-order valence-electron chi connectivity index (χ1n) is 16.8. The van der Waals surface area contributed by atoms with Crippen LogP contribution in [0.5, 0.6) is 0 Å². The SMILES string of the molecule is c1ccc(-c2ccc3ccc4ccc(-c5ccc6oc7cc(-c8nc(-c9ccccc9)nc(-c9ccccc9)n8)ccc7c6c5)nc4c3n2)cc1. The van der Waals surface area contributed by atoms with Gasteiger partial charge >= 0.3 is 0 Å². The van der Waals surface area contributed by atoms with Crippen molar-refractivity contribution in [3.8, 4) is 56.7 Å². The normalized spacial score (nSPS) is 11.5. The summed E-state index contributed by atoms with van der Waals surface area (Å²) in [5.74, 6) is 1.83. The highest BCUT2D eigenvalue weighted by molar-refractivity contribution is 6.08. The number of hydrogen-bond donors (Lipinski definition) is 0. The van der Waals surface area contributed by atoms with Gasteiger partial charge in [-0.3, -0.25) is 0 Å². The monoisotopic (exact) mass is 653 g/mol. The van der Waals surface area contributed by atoms with Gasteiger partial charge in [-0.15, -0.1) is 0 Å². The molecule has 0 saturated carbocycles. The van der Waals surface area contributed by atoms with Gasteiger partial charge in [-0.25, -0.2) is 24.9 Å². The number of fused-ring (bicyclic) bond motifs is 6. The second-order valence-corrected chi connectivity index (χ2v) is 12.5. The van der Waals surface area contributed by atoms with E-state index in [0.717, 1.165) is 82.9 Å². The third-order valence-corrected chi connectivity index (χ3v) is 9.31. The van der Waals surface area contributed by atoms with E-state index in [1.165, 1.54) is 0 Å². The van der Waals surface area contributed by atoms with Gasteiger partial charge < -0.3 is 4.42 Å². The Morgan fingerprint density at radius 2 is 0.804 bits per heavy atom. The molecule has 4 aromatic heterocycles. The van der Waals surface area contributed by atoms with Crippen LogP contribution in [-0.4, -0.2) is 24.9 Å². The molecule has 0 amide bonds. The Bertz CT molecular complexity index is 2850. The van der Waals surface area contributed by atoms with Crippen molar-refractivity contribution in [1.82, 2.24) is 24.9 Å². The predicted molar refractivity (Wildman–Crippen MR) is 205 cm³/mol. The Kier molecular flexibility index (Phi) is 6.70. The van der Waals surface area contributed by atoms with E-state index in [4.69, 9.17) is 29.3 Å². The van der Waals surface area contributed by atoms with Crippen LogP contribution in [0.25, 0.3) is 100 Å². The van der Waals surface area contributed by atoms with Gasteiger partial charge in [-0.1, -0.05) is 121 Å². The van der Waals surface area contributed by atoms with Gasteiger partial charge in [0.25, 0.3) is 0 Å². The van der Waals surface area contributed by atoms with Gasteiger partial charge in [-0.2, -0.15) is 0 Å². The third-order valence-electron chi connectivity index (χ3n) is 9.31. The van der Waals surface area contributed by atoms with Crippen LogP contribution >= 0.6 is 0 Å². The molecule has 0 aliphatic carbocycles. The van der Waals surface area contributed by atoms with E-state index in [-0.39, 0.29) is 0 Å². The highest BCUT2D eigenvalue weighted by Gasteiger charge is 2.16. The standard InChI is InChI=1S/C45H27N5O/c1-4-10-28(11-5-1)37-23-19-29-16-17-30-20-24-38(47-42(30)41(29)46-37)33-21-25-39-36(26-33)35-22-18-34(27-40(35)51-39)45-49-43(31-12-6-2-7-13-31)48-44(50-45)32-14-8-3-9-15-32/h1-27H. The molecule has 4 heterocycles. The van der Waals surface area contributed by atoms with E-state index in [1.807, 2.05) is 91.0 Å². The number of rotatable bonds is 5. The Morgan fingerprint density at radius 1 is 0.314 bits per heavy atom. The Balaban J connectivity index is 1.06. The molecule has 6 heteroatoms. The van der Waals surface area contributed by atoms with Crippen LogP contribution in [0.3, 0.4) is 0 Å². The van der Waals surface area contributed by atoms with Crippen molar-refractivity contribution >= 4 is 43.7 Å². The molecular weight excluding hydrogens is 627 g/mol. The summed E-state index contributed by atoms with van der Waals surface area (Å²) in [7, 11) is 0. The van der Waals surface area contributed by atoms with Crippen LogP contribution in [0.2, 0.25) is 0 Å². The molecule has 6 aromatic carbocycles. The molecule has 0 spiro atoms. The number of pyridine rings is 2. The molecule has 0 saturated heterocycles. The lowest BCUT2D eigenvalue weighted by molar-refractivity contribution is 0.669. The van der Waals surface area contributed by atoms with Crippen LogP contribution in [-0.2, 0) is 0 Å². The lowest BCUT2D eigenvalue weighted by Crippen LogP contribution is -2.00. The number of nitrogens with zero attached hydrogens (tertiary/aromatic N) is 5. The lowest BCUT2D eigenvalue weighted by Gasteiger charge is -2.08. The Morgan fingerprint density at radius 3 is 1.39 bits per heavy atom. The molecule has 51 heavy (non-hydrogen) atoms. The minimum atomic E-state index is 0.586. The maximum absolute atomic E-state index is 6.42. The highest BCUT2D eigenvalue weighted by atomic mass is 16.3. The first kappa shape index (κ1) is 28.9. The van der Waals surface area contributed by atoms with Gasteiger partial charge in [0.05, 0.1) is 22.4 Å². The van der Waals surface area contributed by atoms with E-state index >= 15 is 0 Å². The molecule has 6 nitrogen and oxygen atoms in total. The second-order valence-electron chi connectivity index (χ2n) is 12.5. The Labute approximate surface area is 292 Å². The summed E-state index contributed by atoms with van der Waals surface area (Å²) < 4.78 is 6.42. The topological polar surface area (TPSA) is 77.6 Å². The maximum Gasteiger partial charge on any atom is 0.164 e. The van der Waals surface area contributed by atoms with E-state index in [9.17, 15) is 0 Å². The van der Waals surface area contributed by atoms with Gasteiger partial charge in [0, 0.05) is 49.4 Å². The number of benzene rings is 6. The summed E-state index contributed by atoms with van der Waals surface area (Å²) in [5, 5.41) is 4.14. The molecule has 0 fully saturated rings. The molecule has 0 radical (unpaired) electrons. The molecule has 238 valence electrons. The molecule has 0 atom stereocenters. The van der Waals surface area contributed by atoms with Crippen LogP contribution < -0.4 is 0 Å². The highest BCUT2D eigenvalue weighted by Crippen LogP contribution is 2.36. The van der Waals surface area contributed by atoms with Crippen molar-refractivity contribution in [2.24, 2.45) is 0 Å². The summed E-state index contributed by atoms with van der Waals surface area (Å²) in [6, 6.07) is 55.3. The van der Waals surface area contributed by atoms with Gasteiger partial charge in [0.1, 0.15) is 11.2 Å². The summed E-state index contributed by atoms with van der Waals surface area (Å²) in [4.78, 5) is 24.9. The molecule has 0 aliphatic heterocycles. The third kappa shape index (κ3) is 5.18. The first-order valence-corrected chi connectivity index (χ1v) is 16.8. The molecule has 10 rings (SSSR count). The Hall–Kier alpha value is -7.05. The van der Waals surface area contributed by atoms with E-state index in [0.29, 0.717) is 17.5 Å². The van der Waals surface area contributed by atoms with Crippen molar-refractivity contribution in [2.45, 2.75) is 0 Å². The average molecular weight is 654 g/mol. The number of furan rings is 1. The quantitative estimate of drug-likeness (QED) is 0.172. The molecule has 0 N–H and O–H groups in total. The lowest BCUT2D eigenvalue weighted by atomic mass is 10.0. The number of hydrogen-bond acceptors (Lipinski definition) is 6. The minimum Gasteiger partial charge on any atom is -0.456 e. The van der Waals surface area contributed by atoms with Crippen molar-refractivity contribution < 1.29 is 4.42 Å². The summed E-state index contributed by atoms with van der Waals surface area (Å²) in [6.45, 7) is 0. The zero-order valence-corrected chi connectivity index (χ0v) is 27.2. The van der Waals surface area contributed by atoms with E-state index < -0.39 is 0 Å². The minimum absolute atomic E-state index is 0.586. The first-order chi connectivity index (χ1) is 25.2. The fourth-order valence-electron chi connectivity index (χ4n) is 6.71. The smallest absolute Gasteiger partial charge is 0.164 e. The van der Waals surface area contributed by atoms with Crippen molar-refractivity contribution in [2.75, 3.05) is 0 Å². The van der Waals surface area contributed by atoms with Gasteiger partial charge in [0.15, 0.2) is 17.5 Å². The summed E-state index contributed by atoms with van der Waals surface area (Å²) in [6.07, 6.45) is 0. The van der Waals surface area contributed by atoms with Crippen molar-refractivity contribution in [3.05, 3.63) is 164 Å². The summed E-state index contributed by atoms with van der Waals surface area (Å²) in [5.41, 5.74) is 9.94. The van der Waals surface area contributed by atoms with Gasteiger partial charge in [0.2, 0.25) is 0 Å².